The summed E-state index contributed by atoms with van der Waals surface area (Å²) in [5.41, 5.74) is 0. The molecule has 0 unspecified atom stereocenters. The smallest absolute Gasteiger partial charge is 0.306 e. The molecule has 1 N–H and O–H groups in total. The van der Waals surface area contributed by atoms with Crippen LogP contribution in [0.1, 0.15) is 207 Å². The van der Waals surface area contributed by atoms with Crippen molar-refractivity contribution < 1.29 is 47.9 Å². The SMILES string of the molecule is CCCCCCOCC(COCCCCCC)OC(=O)CCCCCCCN(CCCCCCCC(=O)OC(COCCCCCC)COCCCCCC)CCOCCO. The molecule has 0 aromatic rings. The second kappa shape index (κ2) is 49.7. The lowest BCUT2D eigenvalue weighted by Crippen LogP contribution is -2.30. The normalized spacial score (nSPS) is 11.7. The molecule has 0 radical (unpaired) electrons. The molecule has 0 rings (SSSR count). The van der Waals surface area contributed by atoms with Gasteiger partial charge in [0.25, 0.3) is 0 Å². The summed E-state index contributed by atoms with van der Waals surface area (Å²) in [4.78, 5) is 27.9. The van der Waals surface area contributed by atoms with E-state index in [4.69, 9.17) is 38.3 Å². The minimum absolute atomic E-state index is 0.0437. The van der Waals surface area contributed by atoms with Gasteiger partial charge in [-0.1, -0.05) is 143 Å². The Bertz CT molecular complexity index is 800. The predicted octanol–water partition coefficient (Wildman–Crippen LogP) is 11.2. The molecule has 0 fully saturated rings. The number of hydrogen-bond donors (Lipinski definition) is 1. The molecule has 0 spiro atoms. The van der Waals surface area contributed by atoms with Crippen molar-refractivity contribution in [3.05, 3.63) is 0 Å². The molecular weight excluding hydrogens is 775 g/mol. The molecule has 0 aliphatic heterocycles. The van der Waals surface area contributed by atoms with Gasteiger partial charge in [0, 0.05) is 45.8 Å². The van der Waals surface area contributed by atoms with Crippen molar-refractivity contribution in [1.29, 1.82) is 0 Å². The van der Waals surface area contributed by atoms with Gasteiger partial charge in [-0.2, -0.15) is 0 Å². The van der Waals surface area contributed by atoms with Crippen LogP contribution in [-0.2, 0) is 42.7 Å². The molecule has 0 aliphatic carbocycles. The Morgan fingerprint density at radius 1 is 0.377 bits per heavy atom. The summed E-state index contributed by atoms with van der Waals surface area (Å²) >= 11 is 0. The summed E-state index contributed by atoms with van der Waals surface area (Å²) in [6, 6.07) is 0. The Morgan fingerprint density at radius 2 is 0.705 bits per heavy atom. The number of aliphatic hydroxyl groups excluding tert-OH is 1. The Morgan fingerprint density at radius 3 is 1.05 bits per heavy atom. The van der Waals surface area contributed by atoms with Crippen LogP contribution in [-0.4, -0.2) is 126 Å². The Hall–Kier alpha value is -1.34. The first kappa shape index (κ1) is 59.7. The summed E-state index contributed by atoms with van der Waals surface area (Å²) in [5.74, 6) is -0.306. The van der Waals surface area contributed by atoms with E-state index in [9.17, 15) is 9.59 Å². The van der Waals surface area contributed by atoms with Gasteiger partial charge in [0.05, 0.1) is 46.2 Å². The lowest BCUT2D eigenvalue weighted by molar-refractivity contribution is -0.157. The second-order valence-corrected chi connectivity index (χ2v) is 17.0. The first-order valence-corrected chi connectivity index (χ1v) is 25.6. The van der Waals surface area contributed by atoms with E-state index in [2.05, 4.69) is 32.6 Å². The molecule has 364 valence electrons. The lowest BCUT2D eigenvalue weighted by atomic mass is 10.1. The Balaban J connectivity index is 4.43. The molecule has 61 heavy (non-hydrogen) atoms. The van der Waals surface area contributed by atoms with Gasteiger partial charge in [0.2, 0.25) is 0 Å². The highest BCUT2D eigenvalue weighted by molar-refractivity contribution is 5.69. The van der Waals surface area contributed by atoms with Crippen LogP contribution in [0.2, 0.25) is 0 Å². The molecule has 0 heterocycles. The van der Waals surface area contributed by atoms with Gasteiger partial charge >= 0.3 is 11.9 Å². The van der Waals surface area contributed by atoms with Crippen molar-refractivity contribution in [1.82, 2.24) is 4.90 Å². The third kappa shape index (κ3) is 45.0. The average molecular weight is 874 g/mol. The number of rotatable bonds is 51. The fourth-order valence-electron chi connectivity index (χ4n) is 7.07. The summed E-state index contributed by atoms with van der Waals surface area (Å²) < 4.78 is 40.7. The number of ether oxygens (including phenoxy) is 7. The van der Waals surface area contributed by atoms with E-state index >= 15 is 0 Å². The zero-order valence-corrected chi connectivity index (χ0v) is 40.4. The minimum atomic E-state index is -0.343. The second-order valence-electron chi connectivity index (χ2n) is 17.0. The maximum Gasteiger partial charge on any atom is 0.306 e. The van der Waals surface area contributed by atoms with Gasteiger partial charge in [0.15, 0.2) is 0 Å². The van der Waals surface area contributed by atoms with Gasteiger partial charge in [-0.15, -0.1) is 0 Å². The van der Waals surface area contributed by atoms with Crippen molar-refractivity contribution in [2.45, 2.75) is 220 Å². The summed E-state index contributed by atoms with van der Waals surface area (Å²) in [5, 5.41) is 9.13. The van der Waals surface area contributed by atoms with Crippen molar-refractivity contribution in [2.75, 3.05) is 92.3 Å². The third-order valence-corrected chi connectivity index (χ3v) is 10.9. The van der Waals surface area contributed by atoms with Gasteiger partial charge in [-0.05, 0) is 64.5 Å². The van der Waals surface area contributed by atoms with Gasteiger partial charge in [-0.3, -0.25) is 9.59 Å². The highest BCUT2D eigenvalue weighted by atomic mass is 16.6. The van der Waals surface area contributed by atoms with Crippen LogP contribution in [0.15, 0.2) is 0 Å². The fraction of sp³-hybridized carbons (Fsp3) is 0.960. The molecule has 0 atom stereocenters. The number of carbonyl (C=O) groups excluding carboxylic acids is 2. The predicted molar refractivity (Wildman–Crippen MR) is 249 cm³/mol. The molecule has 0 saturated carbocycles. The number of nitrogens with zero attached hydrogens (tertiary/aromatic N) is 1. The molecule has 0 amide bonds. The van der Waals surface area contributed by atoms with Gasteiger partial charge in [0.1, 0.15) is 12.2 Å². The summed E-state index contributed by atoms with van der Waals surface area (Å²) in [7, 11) is 0. The zero-order valence-electron chi connectivity index (χ0n) is 40.4. The van der Waals surface area contributed by atoms with Crippen LogP contribution in [0, 0.1) is 0 Å². The van der Waals surface area contributed by atoms with Crippen LogP contribution >= 0.6 is 0 Å². The highest BCUT2D eigenvalue weighted by Gasteiger charge is 2.17. The largest absolute Gasteiger partial charge is 0.457 e. The van der Waals surface area contributed by atoms with Crippen LogP contribution in [0.5, 0.6) is 0 Å². The fourth-order valence-corrected chi connectivity index (χ4v) is 7.07. The van der Waals surface area contributed by atoms with Crippen molar-refractivity contribution in [3.63, 3.8) is 0 Å². The van der Waals surface area contributed by atoms with Crippen molar-refractivity contribution >= 4 is 11.9 Å². The van der Waals surface area contributed by atoms with E-state index < -0.39 is 0 Å². The van der Waals surface area contributed by atoms with E-state index in [1.807, 2.05) is 0 Å². The molecule has 0 bridgehead atoms. The van der Waals surface area contributed by atoms with Crippen molar-refractivity contribution in [3.8, 4) is 0 Å². The van der Waals surface area contributed by atoms with Gasteiger partial charge in [-0.25, -0.2) is 0 Å². The van der Waals surface area contributed by atoms with Crippen LogP contribution in [0.3, 0.4) is 0 Å². The summed E-state index contributed by atoms with van der Waals surface area (Å²) in [6.45, 7) is 17.1. The molecule has 0 aliphatic rings. The monoisotopic (exact) mass is 874 g/mol. The maximum absolute atomic E-state index is 12.7. The standard InChI is InChI=1S/C50H99NO10/c1-5-9-13-27-37-56-43-47(44-57-38-28-14-10-6-2)60-49(53)31-23-19-17-21-25-33-51(35-41-55-42-36-52)34-26-22-18-20-24-32-50(54)61-48(45-58-39-29-15-11-7-3)46-59-40-30-16-12-8-4/h47-48,52H,5-46H2,1-4H3. The minimum Gasteiger partial charge on any atom is -0.457 e. The molecule has 0 aromatic carbocycles. The quantitative estimate of drug-likeness (QED) is 0.0464. The number of esters is 2. The lowest BCUT2D eigenvalue weighted by Gasteiger charge is -2.22. The van der Waals surface area contributed by atoms with Crippen LogP contribution in [0.4, 0.5) is 0 Å². The molecular formula is C50H99NO10. The molecule has 11 heteroatoms. The molecule has 11 nitrogen and oxygen atoms in total. The maximum atomic E-state index is 12.7. The first-order chi connectivity index (χ1) is 30.0. The van der Waals surface area contributed by atoms with E-state index in [1.165, 1.54) is 77.0 Å². The van der Waals surface area contributed by atoms with E-state index in [0.29, 0.717) is 78.9 Å². The molecule has 0 saturated heterocycles. The van der Waals surface area contributed by atoms with Crippen molar-refractivity contribution in [2.24, 2.45) is 0 Å². The van der Waals surface area contributed by atoms with Crippen LogP contribution in [0.25, 0.3) is 0 Å². The Labute approximate surface area is 375 Å². The Kier molecular flexibility index (Phi) is 48.6. The van der Waals surface area contributed by atoms with Crippen LogP contribution < -0.4 is 0 Å². The molecule has 0 aromatic heterocycles. The number of carbonyl (C=O) groups is 2. The number of hydrogen-bond acceptors (Lipinski definition) is 11. The number of unbranched alkanes of at least 4 members (excludes halogenated alkanes) is 20. The first-order valence-electron chi connectivity index (χ1n) is 25.6. The van der Waals surface area contributed by atoms with E-state index in [1.54, 1.807) is 0 Å². The van der Waals surface area contributed by atoms with E-state index in [-0.39, 0.29) is 30.8 Å². The highest BCUT2D eigenvalue weighted by Crippen LogP contribution is 2.13. The van der Waals surface area contributed by atoms with Gasteiger partial charge < -0.3 is 43.2 Å². The zero-order chi connectivity index (χ0) is 44.5. The number of aliphatic hydroxyl groups is 1. The average Bonchev–Trinajstić information content (AvgIpc) is 3.25. The topological polar surface area (TPSA) is 122 Å². The third-order valence-electron chi connectivity index (χ3n) is 10.9. The summed E-state index contributed by atoms with van der Waals surface area (Å²) in [6.07, 6.45) is 29.0. The van der Waals surface area contributed by atoms with E-state index in [0.717, 1.165) is 110 Å².